The SMILES string of the molecule is CCn1cc(-c2c(-c3cncc4sc(C#N)cc34)ccc(O)c2F)c(C(F)(F)F)n1. The van der Waals surface area contributed by atoms with E-state index in [1.807, 2.05) is 6.07 Å². The van der Waals surface area contributed by atoms with E-state index < -0.39 is 34.6 Å². The monoisotopic (exact) mass is 432 g/mol. The second-order valence-electron chi connectivity index (χ2n) is 6.39. The van der Waals surface area contributed by atoms with Gasteiger partial charge in [-0.2, -0.15) is 23.5 Å². The lowest BCUT2D eigenvalue weighted by Gasteiger charge is -2.14. The molecule has 10 heteroatoms. The molecule has 0 aliphatic heterocycles. The van der Waals surface area contributed by atoms with Gasteiger partial charge >= 0.3 is 6.18 Å². The molecular weight excluding hydrogens is 420 g/mol. The molecule has 0 atom stereocenters. The van der Waals surface area contributed by atoms with Gasteiger partial charge in [-0.3, -0.25) is 9.67 Å². The highest BCUT2D eigenvalue weighted by molar-refractivity contribution is 7.19. The Morgan fingerprint density at radius 1 is 1.20 bits per heavy atom. The first-order valence-corrected chi connectivity index (χ1v) is 9.50. The third kappa shape index (κ3) is 3.17. The zero-order valence-corrected chi connectivity index (χ0v) is 16.1. The number of fused-ring (bicyclic) bond motifs is 1. The van der Waals surface area contributed by atoms with Gasteiger partial charge in [0.25, 0.3) is 0 Å². The number of aryl methyl sites for hydroxylation is 1. The molecule has 4 rings (SSSR count). The highest BCUT2D eigenvalue weighted by Gasteiger charge is 2.39. The smallest absolute Gasteiger partial charge is 0.435 e. The van der Waals surface area contributed by atoms with Gasteiger partial charge in [-0.05, 0) is 30.7 Å². The van der Waals surface area contributed by atoms with Crippen molar-refractivity contribution in [1.29, 1.82) is 5.26 Å². The lowest BCUT2D eigenvalue weighted by atomic mass is 9.93. The summed E-state index contributed by atoms with van der Waals surface area (Å²) in [7, 11) is 0. The predicted octanol–water partition coefficient (Wildman–Crippen LogP) is 5.58. The number of nitrogens with zero attached hydrogens (tertiary/aromatic N) is 4. The zero-order chi connectivity index (χ0) is 21.6. The fourth-order valence-corrected chi connectivity index (χ4v) is 4.11. The summed E-state index contributed by atoms with van der Waals surface area (Å²) in [5.74, 6) is -1.98. The topological polar surface area (TPSA) is 74.7 Å². The molecule has 0 aliphatic rings. The molecule has 0 spiro atoms. The van der Waals surface area contributed by atoms with E-state index >= 15 is 4.39 Å². The molecule has 0 fully saturated rings. The molecule has 30 heavy (non-hydrogen) atoms. The van der Waals surface area contributed by atoms with Crippen molar-refractivity contribution in [2.24, 2.45) is 0 Å². The quantitative estimate of drug-likeness (QED) is 0.429. The number of hydrogen-bond donors (Lipinski definition) is 1. The minimum absolute atomic E-state index is 0.104. The summed E-state index contributed by atoms with van der Waals surface area (Å²) >= 11 is 1.17. The maximum absolute atomic E-state index is 15.1. The molecule has 0 unspecified atom stereocenters. The van der Waals surface area contributed by atoms with Crippen molar-refractivity contribution in [3.8, 4) is 34.1 Å². The number of halogens is 4. The number of phenolic OH excluding ortho intramolecular Hbond substituents is 1. The zero-order valence-electron chi connectivity index (χ0n) is 15.3. The predicted molar refractivity (Wildman–Crippen MR) is 103 cm³/mol. The Labute approximate surface area is 171 Å². The molecular formula is C20H12F4N4OS. The maximum atomic E-state index is 15.1. The molecule has 3 heterocycles. The van der Waals surface area contributed by atoms with Crippen LogP contribution in [-0.2, 0) is 12.7 Å². The van der Waals surface area contributed by atoms with Crippen molar-refractivity contribution in [3.05, 3.63) is 53.2 Å². The van der Waals surface area contributed by atoms with Crippen LogP contribution in [0.15, 0.2) is 36.8 Å². The van der Waals surface area contributed by atoms with Gasteiger partial charge in [0.2, 0.25) is 0 Å². The van der Waals surface area contributed by atoms with E-state index in [0.717, 1.165) is 16.9 Å². The van der Waals surface area contributed by atoms with Crippen LogP contribution in [0, 0.1) is 17.1 Å². The first-order valence-electron chi connectivity index (χ1n) is 8.69. The second kappa shape index (κ2) is 7.11. The fourth-order valence-electron chi connectivity index (χ4n) is 3.26. The molecule has 0 aliphatic carbocycles. The first kappa shape index (κ1) is 19.8. The standard InChI is InChI=1S/C20H12F4N4OS/c1-2-28-9-14(19(27-28)20(22,23)24)17-11(3-4-15(29)18(17)21)13-7-26-8-16-12(13)5-10(6-25)30-16/h3-5,7-9,29H,2H2,1H3. The Bertz CT molecular complexity index is 1320. The fraction of sp³-hybridized carbons (Fsp3) is 0.150. The van der Waals surface area contributed by atoms with Crippen molar-refractivity contribution in [2.45, 2.75) is 19.6 Å². The van der Waals surface area contributed by atoms with Crippen LogP contribution in [0.1, 0.15) is 17.5 Å². The average Bonchev–Trinajstić information content (AvgIpc) is 3.33. The number of pyridine rings is 1. The molecule has 0 saturated heterocycles. The molecule has 0 radical (unpaired) electrons. The van der Waals surface area contributed by atoms with Crippen LogP contribution in [0.5, 0.6) is 5.75 Å². The van der Waals surface area contributed by atoms with Gasteiger partial charge in [-0.15, -0.1) is 11.3 Å². The number of hydrogen-bond acceptors (Lipinski definition) is 5. The molecule has 5 nitrogen and oxygen atoms in total. The Morgan fingerprint density at radius 2 is 1.97 bits per heavy atom. The number of aromatic nitrogens is 3. The normalized spacial score (nSPS) is 11.7. The van der Waals surface area contributed by atoms with Crippen LogP contribution in [0.2, 0.25) is 0 Å². The van der Waals surface area contributed by atoms with Gasteiger partial charge in [0.05, 0.1) is 4.70 Å². The van der Waals surface area contributed by atoms with Crippen molar-refractivity contribution in [1.82, 2.24) is 14.8 Å². The summed E-state index contributed by atoms with van der Waals surface area (Å²) in [6, 6.07) is 5.99. The van der Waals surface area contributed by atoms with Crippen LogP contribution in [-0.4, -0.2) is 19.9 Å². The summed E-state index contributed by atoms with van der Waals surface area (Å²) in [6.07, 6.45) is -0.808. The van der Waals surface area contributed by atoms with E-state index in [1.54, 1.807) is 13.0 Å². The summed E-state index contributed by atoms with van der Waals surface area (Å²) in [6.45, 7) is 1.75. The second-order valence-corrected chi connectivity index (χ2v) is 7.47. The van der Waals surface area contributed by atoms with E-state index in [-0.39, 0.29) is 12.1 Å². The highest BCUT2D eigenvalue weighted by Crippen LogP contribution is 2.45. The molecule has 152 valence electrons. The third-order valence-electron chi connectivity index (χ3n) is 4.59. The van der Waals surface area contributed by atoms with E-state index in [0.29, 0.717) is 20.5 Å². The summed E-state index contributed by atoms with van der Waals surface area (Å²) < 4.78 is 57.7. The summed E-state index contributed by atoms with van der Waals surface area (Å²) in [5, 5.41) is 23.2. The number of aromatic hydroxyl groups is 1. The Morgan fingerprint density at radius 3 is 2.63 bits per heavy atom. The first-order chi connectivity index (χ1) is 14.2. The molecule has 0 amide bonds. The third-order valence-corrected chi connectivity index (χ3v) is 5.57. The largest absolute Gasteiger partial charge is 0.505 e. The molecule has 1 aromatic carbocycles. The van der Waals surface area contributed by atoms with Crippen LogP contribution in [0.3, 0.4) is 0 Å². The van der Waals surface area contributed by atoms with E-state index in [1.165, 1.54) is 29.8 Å². The molecule has 4 aromatic rings. The number of benzene rings is 1. The van der Waals surface area contributed by atoms with Crippen molar-refractivity contribution in [3.63, 3.8) is 0 Å². The summed E-state index contributed by atoms with van der Waals surface area (Å²) in [4.78, 5) is 4.47. The van der Waals surface area contributed by atoms with Gasteiger partial charge < -0.3 is 5.11 Å². The van der Waals surface area contributed by atoms with Gasteiger partial charge in [0, 0.05) is 47.2 Å². The lowest BCUT2D eigenvalue weighted by Crippen LogP contribution is -2.09. The molecule has 3 aromatic heterocycles. The van der Waals surface area contributed by atoms with Crippen LogP contribution in [0.4, 0.5) is 17.6 Å². The lowest BCUT2D eigenvalue weighted by molar-refractivity contribution is -0.141. The van der Waals surface area contributed by atoms with Crippen LogP contribution < -0.4 is 0 Å². The molecule has 0 bridgehead atoms. The van der Waals surface area contributed by atoms with Gasteiger partial charge in [0.1, 0.15) is 10.9 Å². The number of phenols is 1. The van der Waals surface area contributed by atoms with Crippen molar-refractivity contribution in [2.75, 3.05) is 0 Å². The van der Waals surface area contributed by atoms with Gasteiger partial charge in [0.15, 0.2) is 17.3 Å². The van der Waals surface area contributed by atoms with Crippen molar-refractivity contribution < 1.29 is 22.7 Å². The number of thiophene rings is 1. The molecule has 0 saturated carbocycles. The van der Waals surface area contributed by atoms with E-state index in [2.05, 4.69) is 10.1 Å². The van der Waals surface area contributed by atoms with Gasteiger partial charge in [-0.25, -0.2) is 4.39 Å². The summed E-state index contributed by atoms with van der Waals surface area (Å²) in [5.41, 5.74) is -1.72. The Hall–Kier alpha value is -3.45. The Balaban J connectivity index is 2.08. The Kier molecular flexibility index (Phi) is 4.70. The minimum atomic E-state index is -4.83. The van der Waals surface area contributed by atoms with Crippen LogP contribution in [0.25, 0.3) is 32.3 Å². The molecule has 1 N–H and O–H groups in total. The van der Waals surface area contributed by atoms with Crippen molar-refractivity contribution >= 4 is 21.4 Å². The maximum Gasteiger partial charge on any atom is 0.435 e. The number of nitriles is 1. The van der Waals surface area contributed by atoms with E-state index in [9.17, 15) is 23.5 Å². The van der Waals surface area contributed by atoms with Gasteiger partial charge in [-0.1, -0.05) is 0 Å². The van der Waals surface area contributed by atoms with E-state index in [4.69, 9.17) is 0 Å². The minimum Gasteiger partial charge on any atom is -0.505 e. The van der Waals surface area contributed by atoms with Crippen LogP contribution >= 0.6 is 11.3 Å². The highest BCUT2D eigenvalue weighted by atomic mass is 32.1. The average molecular weight is 432 g/mol. The number of rotatable bonds is 3. The number of alkyl halides is 3.